The molecule has 0 amide bonds. The Morgan fingerprint density at radius 3 is 2.25 bits per heavy atom. The van der Waals surface area contributed by atoms with Crippen molar-refractivity contribution in [3.63, 3.8) is 0 Å². The predicted molar refractivity (Wildman–Crippen MR) is 74.0 cm³/mol. The molecule has 1 nitrogen and oxygen atoms in total. The van der Waals surface area contributed by atoms with Crippen LogP contribution in [-0.2, 0) is 6.42 Å². The summed E-state index contributed by atoms with van der Waals surface area (Å²) in [7, 11) is 0. The molecule has 1 aromatic rings. The van der Waals surface area contributed by atoms with Gasteiger partial charge >= 0.3 is 0 Å². The molecule has 90 valence electrons. The van der Waals surface area contributed by atoms with Gasteiger partial charge in [0.05, 0.1) is 0 Å². The average Bonchev–Trinajstić information content (AvgIpc) is 2.27. The Bertz CT molecular complexity index is 288. The van der Waals surface area contributed by atoms with Crippen molar-refractivity contribution in [1.29, 1.82) is 0 Å². The third kappa shape index (κ3) is 4.58. The molecule has 1 atom stereocenters. The molecule has 0 aliphatic carbocycles. The van der Waals surface area contributed by atoms with Gasteiger partial charge in [-0.25, -0.2) is 0 Å². The van der Waals surface area contributed by atoms with Crippen molar-refractivity contribution >= 4 is 11.8 Å². The van der Waals surface area contributed by atoms with Gasteiger partial charge in [0, 0.05) is 10.1 Å². The van der Waals surface area contributed by atoms with E-state index in [4.69, 9.17) is 5.73 Å². The molecule has 1 rings (SSSR count). The summed E-state index contributed by atoms with van der Waals surface area (Å²) in [5.41, 5.74) is 7.13. The van der Waals surface area contributed by atoms with E-state index >= 15 is 0 Å². The Morgan fingerprint density at radius 1 is 1.19 bits per heavy atom. The van der Waals surface area contributed by atoms with Gasteiger partial charge in [-0.05, 0) is 36.6 Å². The van der Waals surface area contributed by atoms with Crippen LogP contribution in [0.25, 0.3) is 0 Å². The maximum absolute atomic E-state index is 5.72. The second kappa shape index (κ2) is 6.97. The fourth-order valence-electron chi connectivity index (χ4n) is 1.70. The van der Waals surface area contributed by atoms with Gasteiger partial charge in [-0.1, -0.05) is 39.3 Å². The average molecular weight is 237 g/mol. The van der Waals surface area contributed by atoms with Crippen LogP contribution in [0.1, 0.15) is 32.8 Å². The molecule has 1 aromatic carbocycles. The van der Waals surface area contributed by atoms with Crippen LogP contribution in [0.3, 0.4) is 0 Å². The van der Waals surface area contributed by atoms with Crippen molar-refractivity contribution < 1.29 is 0 Å². The van der Waals surface area contributed by atoms with Gasteiger partial charge < -0.3 is 5.73 Å². The number of hydrogen-bond acceptors (Lipinski definition) is 2. The van der Waals surface area contributed by atoms with Crippen molar-refractivity contribution in [2.75, 3.05) is 6.54 Å². The van der Waals surface area contributed by atoms with Gasteiger partial charge in [0.1, 0.15) is 0 Å². The predicted octanol–water partition coefficient (Wildman–Crippen LogP) is 3.71. The number of hydrogen-bond donors (Lipinski definition) is 1. The molecule has 0 saturated heterocycles. The lowest BCUT2D eigenvalue weighted by Crippen LogP contribution is -2.15. The Morgan fingerprint density at radius 2 is 1.81 bits per heavy atom. The number of nitrogens with two attached hydrogens (primary N) is 1. The van der Waals surface area contributed by atoms with Gasteiger partial charge in [-0.2, -0.15) is 0 Å². The summed E-state index contributed by atoms with van der Waals surface area (Å²) in [6.45, 7) is 7.44. The first-order valence-electron chi connectivity index (χ1n) is 6.11. The molecule has 0 spiro atoms. The van der Waals surface area contributed by atoms with Gasteiger partial charge in [0.15, 0.2) is 0 Å². The van der Waals surface area contributed by atoms with Crippen LogP contribution in [0.4, 0.5) is 0 Å². The Kier molecular flexibility index (Phi) is 5.93. The number of thioether (sulfide) groups is 1. The second-order valence-electron chi connectivity index (χ2n) is 4.52. The topological polar surface area (TPSA) is 26.0 Å². The standard InChI is InChI=1S/C14H23NS/c1-4-12(10-15)9-13-5-7-14(8-6-13)16-11(2)3/h5-8,11-12H,4,9-10,15H2,1-3H3. The molecule has 0 aliphatic heterocycles. The quantitative estimate of drug-likeness (QED) is 0.763. The number of rotatable bonds is 6. The molecular weight excluding hydrogens is 214 g/mol. The molecule has 0 aliphatic rings. The van der Waals surface area contributed by atoms with Gasteiger partial charge in [-0.3, -0.25) is 0 Å². The van der Waals surface area contributed by atoms with Crippen molar-refractivity contribution in [3.05, 3.63) is 29.8 Å². The third-order valence-corrected chi connectivity index (χ3v) is 3.75. The van der Waals surface area contributed by atoms with Crippen LogP contribution < -0.4 is 5.73 Å². The first-order chi connectivity index (χ1) is 7.65. The minimum absolute atomic E-state index is 0.628. The smallest absolute Gasteiger partial charge is 0.00747 e. The molecule has 1 unspecified atom stereocenters. The van der Waals surface area contributed by atoms with E-state index in [-0.39, 0.29) is 0 Å². The van der Waals surface area contributed by atoms with Crippen LogP contribution in [0, 0.1) is 5.92 Å². The lowest BCUT2D eigenvalue weighted by atomic mass is 9.97. The number of benzene rings is 1. The van der Waals surface area contributed by atoms with E-state index in [0.29, 0.717) is 11.2 Å². The highest BCUT2D eigenvalue weighted by Gasteiger charge is 2.05. The molecule has 0 heterocycles. The zero-order valence-electron chi connectivity index (χ0n) is 10.6. The van der Waals surface area contributed by atoms with Crippen molar-refractivity contribution in [2.45, 2.75) is 43.8 Å². The molecule has 2 heteroatoms. The minimum atomic E-state index is 0.628. The molecule has 0 fully saturated rings. The van der Waals surface area contributed by atoms with Crippen LogP contribution in [0.2, 0.25) is 0 Å². The summed E-state index contributed by atoms with van der Waals surface area (Å²) < 4.78 is 0. The Labute approximate surface area is 104 Å². The summed E-state index contributed by atoms with van der Waals surface area (Å²) in [4.78, 5) is 1.36. The van der Waals surface area contributed by atoms with Gasteiger partial charge in [-0.15, -0.1) is 11.8 Å². The summed E-state index contributed by atoms with van der Waals surface area (Å²) in [5.74, 6) is 0.628. The van der Waals surface area contributed by atoms with E-state index < -0.39 is 0 Å². The fraction of sp³-hybridized carbons (Fsp3) is 0.571. The lowest BCUT2D eigenvalue weighted by Gasteiger charge is -2.12. The first-order valence-corrected chi connectivity index (χ1v) is 6.99. The summed E-state index contributed by atoms with van der Waals surface area (Å²) >= 11 is 1.91. The highest BCUT2D eigenvalue weighted by atomic mass is 32.2. The maximum atomic E-state index is 5.72. The zero-order chi connectivity index (χ0) is 12.0. The molecule has 0 bridgehead atoms. The van der Waals surface area contributed by atoms with E-state index in [0.717, 1.165) is 13.0 Å². The molecule has 0 aromatic heterocycles. The molecule has 0 radical (unpaired) electrons. The van der Waals surface area contributed by atoms with E-state index in [9.17, 15) is 0 Å². The molecule has 2 N–H and O–H groups in total. The summed E-state index contributed by atoms with van der Waals surface area (Å²) in [6, 6.07) is 8.93. The fourth-order valence-corrected chi connectivity index (χ4v) is 2.54. The minimum Gasteiger partial charge on any atom is -0.330 e. The van der Waals surface area contributed by atoms with Gasteiger partial charge in [0.25, 0.3) is 0 Å². The molecule has 16 heavy (non-hydrogen) atoms. The maximum Gasteiger partial charge on any atom is 0.00747 e. The first kappa shape index (κ1) is 13.6. The highest BCUT2D eigenvalue weighted by Crippen LogP contribution is 2.23. The van der Waals surface area contributed by atoms with E-state index in [2.05, 4.69) is 45.0 Å². The van der Waals surface area contributed by atoms with E-state index in [1.54, 1.807) is 0 Å². The highest BCUT2D eigenvalue weighted by molar-refractivity contribution is 7.99. The summed E-state index contributed by atoms with van der Waals surface area (Å²) in [5, 5.41) is 0.651. The molecule has 0 saturated carbocycles. The lowest BCUT2D eigenvalue weighted by molar-refractivity contribution is 0.518. The van der Waals surface area contributed by atoms with E-state index in [1.807, 2.05) is 11.8 Å². The Hall–Kier alpha value is -0.470. The zero-order valence-corrected chi connectivity index (χ0v) is 11.4. The van der Waals surface area contributed by atoms with Crippen molar-refractivity contribution in [3.8, 4) is 0 Å². The van der Waals surface area contributed by atoms with Crippen LogP contribution in [0.15, 0.2) is 29.2 Å². The third-order valence-electron chi connectivity index (χ3n) is 2.73. The van der Waals surface area contributed by atoms with E-state index in [1.165, 1.54) is 16.9 Å². The van der Waals surface area contributed by atoms with Crippen LogP contribution in [0.5, 0.6) is 0 Å². The van der Waals surface area contributed by atoms with Crippen molar-refractivity contribution in [1.82, 2.24) is 0 Å². The molecular formula is C14H23NS. The van der Waals surface area contributed by atoms with Gasteiger partial charge in [0.2, 0.25) is 0 Å². The largest absolute Gasteiger partial charge is 0.330 e. The Balaban J connectivity index is 2.57. The monoisotopic (exact) mass is 237 g/mol. The van der Waals surface area contributed by atoms with Crippen LogP contribution in [-0.4, -0.2) is 11.8 Å². The SMILES string of the molecule is CCC(CN)Cc1ccc(SC(C)C)cc1. The van der Waals surface area contributed by atoms with Crippen molar-refractivity contribution in [2.24, 2.45) is 11.7 Å². The second-order valence-corrected chi connectivity index (χ2v) is 6.17. The summed E-state index contributed by atoms with van der Waals surface area (Å²) in [6.07, 6.45) is 2.28. The normalized spacial score (nSPS) is 13.1. The van der Waals surface area contributed by atoms with Crippen LogP contribution >= 0.6 is 11.8 Å².